The molecule has 0 amide bonds. The number of aromatic nitrogens is 3. The predicted octanol–water partition coefficient (Wildman–Crippen LogP) is 3.28. The number of imidazole rings is 1. The van der Waals surface area contributed by atoms with E-state index in [1.807, 2.05) is 17.6 Å². The highest BCUT2D eigenvalue weighted by Gasteiger charge is 2.13. The summed E-state index contributed by atoms with van der Waals surface area (Å²) in [6, 6.07) is 10.2. The summed E-state index contributed by atoms with van der Waals surface area (Å²) in [5.74, 6) is 0.246. The van der Waals surface area contributed by atoms with Crippen LogP contribution in [-0.2, 0) is 0 Å². The molecular formula is C16H15FN4. The predicted molar refractivity (Wildman–Crippen MR) is 80.1 cm³/mol. The standard InChI is InChI=1S/C16H15FN4/c1-11(12-2-5-14(17)6-3-12)21-10-19-9-15(21)13-4-7-16(18)20-8-13/h2-11H,1H3,(H2,18,20). The fourth-order valence-corrected chi connectivity index (χ4v) is 2.30. The average Bonchev–Trinajstić information content (AvgIpc) is 2.97. The van der Waals surface area contributed by atoms with Crippen LogP contribution in [0.25, 0.3) is 11.3 Å². The monoisotopic (exact) mass is 282 g/mol. The Bertz CT molecular complexity index is 732. The maximum absolute atomic E-state index is 13.0. The zero-order valence-corrected chi connectivity index (χ0v) is 11.6. The molecule has 3 aromatic rings. The van der Waals surface area contributed by atoms with E-state index in [1.54, 1.807) is 36.9 Å². The minimum atomic E-state index is -0.237. The van der Waals surface area contributed by atoms with Crippen molar-refractivity contribution in [2.24, 2.45) is 0 Å². The van der Waals surface area contributed by atoms with Crippen molar-refractivity contribution in [2.45, 2.75) is 13.0 Å². The quantitative estimate of drug-likeness (QED) is 0.802. The van der Waals surface area contributed by atoms with E-state index in [-0.39, 0.29) is 11.9 Å². The summed E-state index contributed by atoms with van der Waals surface area (Å²) in [6.45, 7) is 2.04. The molecule has 0 fully saturated rings. The summed E-state index contributed by atoms with van der Waals surface area (Å²) in [7, 11) is 0. The van der Waals surface area contributed by atoms with Crippen LogP contribution in [0.4, 0.5) is 10.2 Å². The molecule has 0 aliphatic carbocycles. The third kappa shape index (κ3) is 2.63. The van der Waals surface area contributed by atoms with Gasteiger partial charge in [0.25, 0.3) is 0 Å². The van der Waals surface area contributed by atoms with Crippen LogP contribution in [0.1, 0.15) is 18.5 Å². The van der Waals surface area contributed by atoms with Crippen molar-refractivity contribution in [3.8, 4) is 11.3 Å². The number of hydrogen-bond acceptors (Lipinski definition) is 3. The van der Waals surface area contributed by atoms with Crippen molar-refractivity contribution in [1.29, 1.82) is 0 Å². The molecule has 2 aromatic heterocycles. The van der Waals surface area contributed by atoms with E-state index in [0.29, 0.717) is 5.82 Å². The molecule has 1 atom stereocenters. The van der Waals surface area contributed by atoms with E-state index >= 15 is 0 Å². The molecule has 3 rings (SSSR count). The molecule has 0 bridgehead atoms. The van der Waals surface area contributed by atoms with Gasteiger partial charge in [0.2, 0.25) is 0 Å². The Labute approximate surface area is 122 Å². The Kier molecular flexibility index (Phi) is 3.39. The van der Waals surface area contributed by atoms with Crippen LogP contribution in [0.3, 0.4) is 0 Å². The molecule has 0 radical (unpaired) electrons. The van der Waals surface area contributed by atoms with Crippen LogP contribution in [0.15, 0.2) is 55.1 Å². The molecule has 1 aromatic carbocycles. The van der Waals surface area contributed by atoms with Crippen molar-refractivity contribution in [1.82, 2.24) is 14.5 Å². The summed E-state index contributed by atoms with van der Waals surface area (Å²) in [4.78, 5) is 8.32. The number of nitrogen functional groups attached to an aromatic ring is 1. The van der Waals surface area contributed by atoms with Gasteiger partial charge in [0.05, 0.1) is 24.3 Å². The van der Waals surface area contributed by atoms with E-state index in [4.69, 9.17) is 5.73 Å². The summed E-state index contributed by atoms with van der Waals surface area (Å²) in [5.41, 5.74) is 8.51. The lowest BCUT2D eigenvalue weighted by atomic mass is 10.1. The zero-order chi connectivity index (χ0) is 14.8. The maximum Gasteiger partial charge on any atom is 0.123 e. The van der Waals surface area contributed by atoms with Gasteiger partial charge in [0, 0.05) is 11.8 Å². The van der Waals surface area contributed by atoms with Crippen LogP contribution in [0, 0.1) is 5.82 Å². The zero-order valence-electron chi connectivity index (χ0n) is 11.6. The molecule has 4 nitrogen and oxygen atoms in total. The average molecular weight is 282 g/mol. The van der Waals surface area contributed by atoms with Crippen LogP contribution in [0.5, 0.6) is 0 Å². The topological polar surface area (TPSA) is 56.7 Å². The number of rotatable bonds is 3. The fraction of sp³-hybridized carbons (Fsp3) is 0.125. The number of pyridine rings is 1. The molecule has 0 spiro atoms. The smallest absolute Gasteiger partial charge is 0.123 e. The highest BCUT2D eigenvalue weighted by molar-refractivity contribution is 5.59. The van der Waals surface area contributed by atoms with Gasteiger partial charge in [-0.05, 0) is 36.8 Å². The van der Waals surface area contributed by atoms with Crippen LogP contribution in [0.2, 0.25) is 0 Å². The minimum absolute atomic E-state index is 0.0423. The molecule has 2 heterocycles. The lowest BCUT2D eigenvalue weighted by molar-refractivity contribution is 0.617. The third-order valence-electron chi connectivity index (χ3n) is 3.52. The Morgan fingerprint density at radius 3 is 2.52 bits per heavy atom. The van der Waals surface area contributed by atoms with Gasteiger partial charge in [-0.15, -0.1) is 0 Å². The number of anilines is 1. The van der Waals surface area contributed by atoms with E-state index < -0.39 is 0 Å². The molecule has 2 N–H and O–H groups in total. The van der Waals surface area contributed by atoms with Gasteiger partial charge < -0.3 is 10.3 Å². The number of benzene rings is 1. The summed E-state index contributed by atoms with van der Waals surface area (Å²) in [5, 5.41) is 0. The minimum Gasteiger partial charge on any atom is -0.384 e. The summed E-state index contributed by atoms with van der Waals surface area (Å²) in [6.07, 6.45) is 5.27. The third-order valence-corrected chi connectivity index (χ3v) is 3.52. The second-order valence-corrected chi connectivity index (χ2v) is 4.89. The molecule has 5 heteroatoms. The second kappa shape index (κ2) is 5.36. The molecule has 0 aliphatic heterocycles. The normalized spacial score (nSPS) is 12.3. The van der Waals surface area contributed by atoms with Crippen molar-refractivity contribution in [3.63, 3.8) is 0 Å². The van der Waals surface area contributed by atoms with Crippen molar-refractivity contribution in [3.05, 3.63) is 66.5 Å². The lowest BCUT2D eigenvalue weighted by Crippen LogP contribution is -2.07. The van der Waals surface area contributed by atoms with Crippen molar-refractivity contribution in [2.75, 3.05) is 5.73 Å². The van der Waals surface area contributed by atoms with Gasteiger partial charge in [-0.2, -0.15) is 0 Å². The van der Waals surface area contributed by atoms with Gasteiger partial charge >= 0.3 is 0 Å². The first-order valence-corrected chi connectivity index (χ1v) is 6.64. The highest BCUT2D eigenvalue weighted by Crippen LogP contribution is 2.26. The lowest BCUT2D eigenvalue weighted by Gasteiger charge is -2.17. The van der Waals surface area contributed by atoms with Gasteiger partial charge in [-0.25, -0.2) is 14.4 Å². The SMILES string of the molecule is CC(c1ccc(F)cc1)n1cncc1-c1ccc(N)nc1. The Morgan fingerprint density at radius 2 is 1.86 bits per heavy atom. The molecular weight excluding hydrogens is 267 g/mol. The molecule has 0 saturated carbocycles. The van der Waals surface area contributed by atoms with Gasteiger partial charge in [-0.3, -0.25) is 0 Å². The van der Waals surface area contributed by atoms with E-state index in [1.165, 1.54) is 12.1 Å². The first-order valence-electron chi connectivity index (χ1n) is 6.64. The van der Waals surface area contributed by atoms with Crippen LogP contribution < -0.4 is 5.73 Å². The van der Waals surface area contributed by atoms with Gasteiger partial charge in [-0.1, -0.05) is 12.1 Å². The van der Waals surface area contributed by atoms with E-state index in [9.17, 15) is 4.39 Å². The molecule has 1 unspecified atom stereocenters. The number of hydrogen-bond donors (Lipinski definition) is 1. The second-order valence-electron chi connectivity index (χ2n) is 4.89. The number of nitrogens with two attached hydrogens (primary N) is 1. The first kappa shape index (κ1) is 13.3. The molecule has 0 aliphatic rings. The fourth-order valence-electron chi connectivity index (χ4n) is 2.30. The van der Waals surface area contributed by atoms with Crippen LogP contribution >= 0.6 is 0 Å². The molecule has 21 heavy (non-hydrogen) atoms. The van der Waals surface area contributed by atoms with E-state index in [2.05, 4.69) is 9.97 Å². The Balaban J connectivity index is 1.98. The maximum atomic E-state index is 13.0. The van der Waals surface area contributed by atoms with Crippen molar-refractivity contribution >= 4 is 5.82 Å². The Hall–Kier alpha value is -2.69. The highest BCUT2D eigenvalue weighted by atomic mass is 19.1. The number of nitrogens with zero attached hydrogens (tertiary/aromatic N) is 3. The van der Waals surface area contributed by atoms with E-state index in [0.717, 1.165) is 16.8 Å². The largest absolute Gasteiger partial charge is 0.384 e. The van der Waals surface area contributed by atoms with Gasteiger partial charge in [0.1, 0.15) is 11.6 Å². The summed E-state index contributed by atoms with van der Waals surface area (Å²) >= 11 is 0. The molecule has 106 valence electrons. The number of halogens is 1. The summed E-state index contributed by atoms with van der Waals surface area (Å²) < 4.78 is 15.1. The Morgan fingerprint density at radius 1 is 1.10 bits per heavy atom. The van der Waals surface area contributed by atoms with Crippen LogP contribution in [-0.4, -0.2) is 14.5 Å². The van der Waals surface area contributed by atoms with Crippen molar-refractivity contribution < 1.29 is 4.39 Å². The first-order chi connectivity index (χ1) is 10.1. The molecule has 0 saturated heterocycles. The van der Waals surface area contributed by atoms with Gasteiger partial charge in [0.15, 0.2) is 0 Å².